The first kappa shape index (κ1) is 19.3. The second kappa shape index (κ2) is 7.40. The monoisotopic (exact) mass is 418 g/mol. The van der Waals surface area contributed by atoms with Crippen molar-refractivity contribution in [3.63, 3.8) is 0 Å². The maximum absolute atomic E-state index is 13.0. The molecule has 2 aromatic heterocycles. The van der Waals surface area contributed by atoms with Crippen molar-refractivity contribution in [2.45, 2.75) is 25.3 Å². The molecule has 0 amide bonds. The molecule has 1 fully saturated rings. The Morgan fingerprint density at radius 2 is 1.86 bits per heavy atom. The smallest absolute Gasteiger partial charge is 0.258 e. The summed E-state index contributed by atoms with van der Waals surface area (Å²) in [6.45, 7) is 6.34. The van der Waals surface area contributed by atoms with Gasteiger partial charge in [0.1, 0.15) is 0 Å². The number of piperazine rings is 1. The van der Waals surface area contributed by atoms with Gasteiger partial charge in [-0.05, 0) is 31.0 Å². The highest BCUT2D eigenvalue weighted by Crippen LogP contribution is 2.22. The first-order chi connectivity index (χ1) is 13.3. The molecule has 1 aliphatic rings. The minimum Gasteiger partial charge on any atom is -0.295 e. The topological polar surface area (TPSA) is 75.0 Å². The molecule has 0 aliphatic carbocycles. The largest absolute Gasteiger partial charge is 0.295 e. The van der Waals surface area contributed by atoms with E-state index in [9.17, 15) is 13.2 Å². The average molecular weight is 419 g/mol. The molecular weight excluding hydrogens is 396 g/mol. The molecule has 0 unspecified atom stereocenters. The van der Waals surface area contributed by atoms with E-state index in [1.807, 2.05) is 31.4 Å². The van der Waals surface area contributed by atoms with Crippen molar-refractivity contribution in [1.82, 2.24) is 18.6 Å². The highest BCUT2D eigenvalue weighted by atomic mass is 32.2. The third kappa shape index (κ3) is 3.62. The van der Waals surface area contributed by atoms with Crippen molar-refractivity contribution in [3.8, 4) is 0 Å². The van der Waals surface area contributed by atoms with E-state index in [2.05, 4.69) is 9.88 Å². The van der Waals surface area contributed by atoms with Gasteiger partial charge in [0, 0.05) is 50.4 Å². The van der Waals surface area contributed by atoms with Crippen molar-refractivity contribution < 1.29 is 8.42 Å². The van der Waals surface area contributed by atoms with Gasteiger partial charge in [-0.25, -0.2) is 13.4 Å². The Kier molecular flexibility index (Phi) is 5.09. The van der Waals surface area contributed by atoms with Crippen LogP contribution in [0.2, 0.25) is 0 Å². The van der Waals surface area contributed by atoms with Gasteiger partial charge in [0.25, 0.3) is 5.56 Å². The normalized spacial score (nSPS) is 16.6. The average Bonchev–Trinajstić information content (AvgIpc) is 3.13. The molecule has 0 spiro atoms. The van der Waals surface area contributed by atoms with E-state index in [1.54, 1.807) is 22.6 Å². The Bertz CT molecular complexity index is 1180. The standard InChI is InChI=1S/C19H22N4O3S2/c1-14-3-4-15(2)17(11-14)28(25,26)22-7-5-21(6-8-22)13-16-12-18(24)23-9-10-27-19(23)20-16/h3-4,9-12H,5-8,13H2,1-2H3. The van der Waals surface area contributed by atoms with Gasteiger partial charge in [-0.1, -0.05) is 12.1 Å². The van der Waals surface area contributed by atoms with Crippen LogP contribution in [0.4, 0.5) is 0 Å². The van der Waals surface area contributed by atoms with E-state index >= 15 is 0 Å². The zero-order valence-corrected chi connectivity index (χ0v) is 17.5. The SMILES string of the molecule is Cc1ccc(C)c(S(=O)(=O)N2CCN(Cc3cc(=O)n4ccsc4n3)CC2)c1. The molecule has 0 radical (unpaired) electrons. The minimum absolute atomic E-state index is 0.0858. The van der Waals surface area contributed by atoms with Gasteiger partial charge >= 0.3 is 0 Å². The Labute approximate surface area is 167 Å². The van der Waals surface area contributed by atoms with Crippen molar-refractivity contribution in [2.24, 2.45) is 0 Å². The second-order valence-corrected chi connectivity index (χ2v) is 9.87. The van der Waals surface area contributed by atoms with Crippen LogP contribution in [0.3, 0.4) is 0 Å². The third-order valence-corrected chi connectivity index (χ3v) is 7.83. The lowest BCUT2D eigenvalue weighted by Gasteiger charge is -2.34. The second-order valence-electron chi connectivity index (χ2n) is 7.09. The summed E-state index contributed by atoms with van der Waals surface area (Å²) in [5.41, 5.74) is 2.33. The van der Waals surface area contributed by atoms with Crippen LogP contribution in [-0.4, -0.2) is 53.2 Å². The summed E-state index contributed by atoms with van der Waals surface area (Å²) in [5.74, 6) is 0. The molecule has 148 valence electrons. The fraction of sp³-hybridized carbons (Fsp3) is 0.368. The lowest BCUT2D eigenvalue weighted by atomic mass is 10.2. The van der Waals surface area contributed by atoms with Crippen LogP contribution in [0.15, 0.2) is 45.5 Å². The number of aromatic nitrogens is 2. The molecule has 1 aliphatic heterocycles. The summed E-state index contributed by atoms with van der Waals surface area (Å²) in [4.78, 5) is 19.9. The summed E-state index contributed by atoms with van der Waals surface area (Å²) < 4.78 is 29.2. The van der Waals surface area contributed by atoms with Gasteiger partial charge in [0.15, 0.2) is 4.96 Å². The number of hydrogen-bond acceptors (Lipinski definition) is 6. The number of thiazole rings is 1. The maximum atomic E-state index is 13.0. The van der Waals surface area contributed by atoms with Crippen molar-refractivity contribution in [1.29, 1.82) is 0 Å². The number of fused-ring (bicyclic) bond motifs is 1. The Morgan fingerprint density at radius 1 is 1.11 bits per heavy atom. The maximum Gasteiger partial charge on any atom is 0.258 e. The quantitative estimate of drug-likeness (QED) is 0.647. The number of hydrogen-bond donors (Lipinski definition) is 0. The van der Waals surface area contributed by atoms with Crippen LogP contribution >= 0.6 is 11.3 Å². The molecule has 3 aromatic rings. The summed E-state index contributed by atoms with van der Waals surface area (Å²) in [5, 5.41) is 1.84. The van der Waals surface area contributed by atoms with Crippen LogP contribution in [0.25, 0.3) is 4.96 Å². The van der Waals surface area contributed by atoms with Gasteiger partial charge in [0.2, 0.25) is 10.0 Å². The van der Waals surface area contributed by atoms with Crippen LogP contribution < -0.4 is 5.56 Å². The Balaban J connectivity index is 1.46. The van der Waals surface area contributed by atoms with E-state index in [0.717, 1.165) is 16.8 Å². The van der Waals surface area contributed by atoms with Crippen LogP contribution in [0, 0.1) is 13.8 Å². The van der Waals surface area contributed by atoms with Crippen LogP contribution in [0.5, 0.6) is 0 Å². The van der Waals surface area contributed by atoms with E-state index < -0.39 is 10.0 Å². The fourth-order valence-corrected chi connectivity index (χ4v) is 5.92. The molecule has 3 heterocycles. The molecule has 7 nitrogen and oxygen atoms in total. The number of sulfonamides is 1. The minimum atomic E-state index is -3.50. The zero-order chi connectivity index (χ0) is 19.9. The Morgan fingerprint density at radius 3 is 2.61 bits per heavy atom. The van der Waals surface area contributed by atoms with E-state index in [4.69, 9.17) is 0 Å². The third-order valence-electron chi connectivity index (χ3n) is 5.03. The van der Waals surface area contributed by atoms with Gasteiger partial charge in [0.05, 0.1) is 10.6 Å². The highest BCUT2D eigenvalue weighted by Gasteiger charge is 2.29. The molecule has 4 rings (SSSR count). The van der Waals surface area contributed by atoms with Gasteiger partial charge < -0.3 is 0 Å². The first-order valence-electron chi connectivity index (χ1n) is 9.10. The van der Waals surface area contributed by atoms with E-state index in [1.165, 1.54) is 15.7 Å². The molecular formula is C19H22N4O3S2. The molecule has 0 N–H and O–H groups in total. The summed E-state index contributed by atoms with van der Waals surface area (Å²) in [7, 11) is -3.50. The lowest BCUT2D eigenvalue weighted by molar-refractivity contribution is 0.180. The molecule has 1 aromatic carbocycles. The Hall–Kier alpha value is -2.07. The van der Waals surface area contributed by atoms with Crippen molar-refractivity contribution >= 4 is 26.3 Å². The molecule has 0 saturated carbocycles. The molecule has 9 heteroatoms. The highest BCUT2D eigenvalue weighted by molar-refractivity contribution is 7.89. The van der Waals surface area contributed by atoms with E-state index in [-0.39, 0.29) is 5.56 Å². The molecule has 1 saturated heterocycles. The predicted octanol–water partition coefficient (Wildman–Crippen LogP) is 1.88. The number of nitrogens with zero attached hydrogens (tertiary/aromatic N) is 4. The van der Waals surface area contributed by atoms with E-state index in [0.29, 0.717) is 42.6 Å². The van der Waals surface area contributed by atoms with Crippen LogP contribution in [0.1, 0.15) is 16.8 Å². The van der Waals surface area contributed by atoms with Crippen molar-refractivity contribution in [3.05, 3.63) is 63.0 Å². The zero-order valence-electron chi connectivity index (χ0n) is 15.8. The first-order valence-corrected chi connectivity index (χ1v) is 11.4. The summed E-state index contributed by atoms with van der Waals surface area (Å²) in [6, 6.07) is 7.07. The number of rotatable bonds is 4. The number of benzene rings is 1. The van der Waals surface area contributed by atoms with Gasteiger partial charge in [-0.2, -0.15) is 4.31 Å². The fourth-order valence-electron chi connectivity index (χ4n) is 3.45. The molecule has 28 heavy (non-hydrogen) atoms. The molecule has 0 bridgehead atoms. The van der Waals surface area contributed by atoms with Gasteiger partial charge in [-0.15, -0.1) is 11.3 Å². The van der Waals surface area contributed by atoms with Crippen molar-refractivity contribution in [2.75, 3.05) is 26.2 Å². The van der Waals surface area contributed by atoms with Crippen LogP contribution in [-0.2, 0) is 16.6 Å². The van der Waals surface area contributed by atoms with Gasteiger partial charge in [-0.3, -0.25) is 14.1 Å². The molecule has 0 atom stereocenters. The summed E-state index contributed by atoms with van der Waals surface area (Å²) >= 11 is 1.43. The number of aryl methyl sites for hydroxylation is 2. The predicted molar refractivity (Wildman–Crippen MR) is 109 cm³/mol. The lowest BCUT2D eigenvalue weighted by Crippen LogP contribution is -2.48. The summed E-state index contributed by atoms with van der Waals surface area (Å²) in [6.07, 6.45) is 1.72.